The largest absolute Gasteiger partial charge is 0.493 e. The monoisotopic (exact) mass is 398 g/mol. The van der Waals surface area contributed by atoms with Crippen molar-refractivity contribution >= 4 is 5.91 Å². The fraction of sp³-hybridized carbons (Fsp3) is 0.458. The van der Waals surface area contributed by atoms with Crippen molar-refractivity contribution in [1.82, 2.24) is 10.2 Å². The van der Waals surface area contributed by atoms with Crippen LogP contribution in [0.25, 0.3) is 0 Å². The van der Waals surface area contributed by atoms with Crippen LogP contribution in [0, 0.1) is 0 Å². The summed E-state index contributed by atoms with van der Waals surface area (Å²) >= 11 is 0. The summed E-state index contributed by atoms with van der Waals surface area (Å²) < 4.78 is 11.1. The first-order valence-electron chi connectivity index (χ1n) is 10.4. The highest BCUT2D eigenvalue weighted by atomic mass is 16.5. The molecule has 2 aromatic carbocycles. The quantitative estimate of drug-likeness (QED) is 0.617. The Kier molecular flexibility index (Phi) is 9.00. The van der Waals surface area contributed by atoms with Gasteiger partial charge in [-0.25, -0.2) is 0 Å². The average Bonchev–Trinajstić information content (AvgIpc) is 2.73. The number of amides is 1. The van der Waals surface area contributed by atoms with E-state index >= 15 is 0 Å². The first-order valence-corrected chi connectivity index (χ1v) is 10.4. The van der Waals surface area contributed by atoms with Crippen LogP contribution in [0.15, 0.2) is 48.5 Å². The molecule has 0 radical (unpaired) electrons. The van der Waals surface area contributed by atoms with Crippen LogP contribution in [-0.4, -0.2) is 49.7 Å². The third-order valence-electron chi connectivity index (χ3n) is 4.93. The Hall–Kier alpha value is -2.53. The predicted molar refractivity (Wildman–Crippen MR) is 118 cm³/mol. The third kappa shape index (κ3) is 6.79. The highest BCUT2D eigenvalue weighted by Gasteiger charge is 2.18. The minimum Gasteiger partial charge on any atom is -0.493 e. The van der Waals surface area contributed by atoms with Gasteiger partial charge in [0.15, 0.2) is 11.5 Å². The lowest BCUT2D eigenvalue weighted by molar-refractivity contribution is 0.0934. The maximum absolute atomic E-state index is 12.8. The molecule has 5 heteroatoms. The summed E-state index contributed by atoms with van der Waals surface area (Å²) in [6.45, 7) is 10.7. The van der Waals surface area contributed by atoms with Gasteiger partial charge in [-0.15, -0.1) is 0 Å². The SMILES string of the molecule is CCN(CC)C(CNC(=O)c1ccc(OC(C)C)c(OC)c1)Cc1ccccc1. The molecule has 29 heavy (non-hydrogen) atoms. The van der Waals surface area contributed by atoms with Crippen LogP contribution >= 0.6 is 0 Å². The smallest absolute Gasteiger partial charge is 0.251 e. The van der Waals surface area contributed by atoms with Gasteiger partial charge in [-0.2, -0.15) is 0 Å². The topological polar surface area (TPSA) is 50.8 Å². The second-order valence-electron chi connectivity index (χ2n) is 7.31. The molecule has 5 nitrogen and oxygen atoms in total. The van der Waals surface area contributed by atoms with Crippen LogP contribution in [0.5, 0.6) is 11.5 Å². The molecule has 0 saturated carbocycles. The number of rotatable bonds is 11. The standard InChI is InChI=1S/C24H34N2O3/c1-6-26(7-2)21(15-19-11-9-8-10-12-19)17-25-24(27)20-13-14-22(29-18(3)4)23(16-20)28-5/h8-14,16,18,21H,6-7,15,17H2,1-5H3,(H,25,27). The van der Waals surface area contributed by atoms with Gasteiger partial charge in [-0.3, -0.25) is 9.69 Å². The summed E-state index contributed by atoms with van der Waals surface area (Å²) in [5.74, 6) is 1.10. The molecule has 0 aliphatic heterocycles. The van der Waals surface area contributed by atoms with E-state index in [4.69, 9.17) is 9.47 Å². The van der Waals surface area contributed by atoms with Crippen molar-refractivity contribution in [1.29, 1.82) is 0 Å². The molecule has 0 aliphatic rings. The van der Waals surface area contributed by atoms with Crippen LogP contribution in [0.3, 0.4) is 0 Å². The number of hydrogen-bond donors (Lipinski definition) is 1. The van der Waals surface area contributed by atoms with Crippen molar-refractivity contribution < 1.29 is 14.3 Å². The second-order valence-corrected chi connectivity index (χ2v) is 7.31. The predicted octanol–water partition coefficient (Wildman–Crippen LogP) is 4.17. The number of methoxy groups -OCH3 is 1. The summed E-state index contributed by atoms with van der Waals surface area (Å²) in [6, 6.07) is 15.9. The van der Waals surface area contributed by atoms with Crippen molar-refractivity contribution in [2.45, 2.75) is 46.3 Å². The second kappa shape index (κ2) is 11.5. The van der Waals surface area contributed by atoms with Gasteiger partial charge in [0.2, 0.25) is 0 Å². The zero-order valence-electron chi connectivity index (χ0n) is 18.3. The molecule has 1 unspecified atom stereocenters. The molecule has 158 valence electrons. The van der Waals surface area contributed by atoms with Crippen molar-refractivity contribution in [3.63, 3.8) is 0 Å². The van der Waals surface area contributed by atoms with Gasteiger partial charge in [0, 0.05) is 18.2 Å². The molecule has 2 rings (SSSR count). The first-order chi connectivity index (χ1) is 14.0. The van der Waals surface area contributed by atoms with E-state index in [-0.39, 0.29) is 18.1 Å². The molecule has 1 atom stereocenters. The van der Waals surface area contributed by atoms with Gasteiger partial charge in [0.25, 0.3) is 5.91 Å². The molecule has 0 aromatic heterocycles. The molecular formula is C24H34N2O3. The fourth-order valence-corrected chi connectivity index (χ4v) is 3.43. The van der Waals surface area contributed by atoms with Gasteiger partial charge >= 0.3 is 0 Å². The van der Waals surface area contributed by atoms with E-state index in [0.29, 0.717) is 23.6 Å². The number of likely N-dealkylation sites (N-methyl/N-ethyl adjacent to an activating group) is 1. The zero-order valence-corrected chi connectivity index (χ0v) is 18.3. The normalized spacial score (nSPS) is 12.1. The molecular weight excluding hydrogens is 364 g/mol. The average molecular weight is 399 g/mol. The minimum absolute atomic E-state index is 0.0383. The fourth-order valence-electron chi connectivity index (χ4n) is 3.43. The number of benzene rings is 2. The number of nitrogens with zero attached hydrogens (tertiary/aromatic N) is 1. The summed E-state index contributed by atoms with van der Waals surface area (Å²) in [5, 5.41) is 3.10. The van der Waals surface area contributed by atoms with Gasteiger partial charge in [0.1, 0.15) is 0 Å². The molecule has 0 fully saturated rings. The Balaban J connectivity index is 2.08. The van der Waals surface area contributed by atoms with Crippen LogP contribution < -0.4 is 14.8 Å². The number of nitrogens with one attached hydrogen (secondary N) is 1. The van der Waals surface area contributed by atoms with E-state index in [2.05, 4.69) is 48.3 Å². The molecule has 0 bridgehead atoms. The molecule has 0 heterocycles. The maximum atomic E-state index is 12.8. The van der Waals surface area contributed by atoms with Crippen molar-refractivity contribution in [2.75, 3.05) is 26.7 Å². The number of carbonyl (C=O) groups is 1. The van der Waals surface area contributed by atoms with Crippen molar-refractivity contribution in [3.05, 3.63) is 59.7 Å². The lowest BCUT2D eigenvalue weighted by atomic mass is 10.0. The van der Waals surface area contributed by atoms with E-state index in [1.165, 1.54) is 5.56 Å². The first kappa shape index (κ1) is 22.8. The summed E-state index contributed by atoms with van der Waals surface area (Å²) in [5.41, 5.74) is 1.84. The Bertz CT molecular complexity index is 758. The van der Waals surface area contributed by atoms with E-state index in [9.17, 15) is 4.79 Å². The maximum Gasteiger partial charge on any atom is 0.251 e. The lowest BCUT2D eigenvalue weighted by Gasteiger charge is -2.30. The van der Waals surface area contributed by atoms with Crippen molar-refractivity contribution in [2.24, 2.45) is 0 Å². The van der Waals surface area contributed by atoms with Crippen LogP contribution in [0.2, 0.25) is 0 Å². The zero-order chi connectivity index (χ0) is 21.2. The van der Waals surface area contributed by atoms with Crippen LogP contribution in [0.4, 0.5) is 0 Å². The molecule has 0 aliphatic carbocycles. The Morgan fingerprint density at radius 2 is 1.72 bits per heavy atom. The molecule has 0 spiro atoms. The highest BCUT2D eigenvalue weighted by molar-refractivity contribution is 5.94. The number of carbonyl (C=O) groups excluding carboxylic acids is 1. The Labute approximate surface area is 175 Å². The lowest BCUT2D eigenvalue weighted by Crippen LogP contribution is -2.45. The van der Waals surface area contributed by atoms with Gasteiger partial charge in [-0.1, -0.05) is 44.2 Å². The van der Waals surface area contributed by atoms with Crippen molar-refractivity contribution in [3.8, 4) is 11.5 Å². The molecule has 2 aromatic rings. The summed E-state index contributed by atoms with van der Waals surface area (Å²) in [4.78, 5) is 15.2. The van der Waals surface area contributed by atoms with Gasteiger partial charge in [-0.05, 0) is 57.1 Å². The molecule has 1 amide bonds. The van der Waals surface area contributed by atoms with Gasteiger partial charge < -0.3 is 14.8 Å². The minimum atomic E-state index is -0.107. The van der Waals surface area contributed by atoms with E-state index in [0.717, 1.165) is 19.5 Å². The molecule has 0 saturated heterocycles. The Morgan fingerprint density at radius 3 is 2.31 bits per heavy atom. The molecule has 1 N–H and O–H groups in total. The van der Waals surface area contributed by atoms with E-state index < -0.39 is 0 Å². The van der Waals surface area contributed by atoms with Crippen LogP contribution in [0.1, 0.15) is 43.6 Å². The summed E-state index contributed by atoms with van der Waals surface area (Å²) in [6.07, 6.45) is 0.934. The summed E-state index contributed by atoms with van der Waals surface area (Å²) in [7, 11) is 1.58. The Morgan fingerprint density at radius 1 is 1.03 bits per heavy atom. The van der Waals surface area contributed by atoms with E-state index in [1.807, 2.05) is 19.9 Å². The number of hydrogen-bond acceptors (Lipinski definition) is 4. The van der Waals surface area contributed by atoms with Gasteiger partial charge in [0.05, 0.1) is 13.2 Å². The third-order valence-corrected chi connectivity index (χ3v) is 4.93. The number of ether oxygens (including phenoxy) is 2. The van der Waals surface area contributed by atoms with E-state index in [1.54, 1.807) is 25.3 Å². The van der Waals surface area contributed by atoms with Crippen LogP contribution in [-0.2, 0) is 6.42 Å². The highest BCUT2D eigenvalue weighted by Crippen LogP contribution is 2.29.